The molecule has 1 rings (SSSR count). The molecule has 2 N–H and O–H groups in total. The van der Waals surface area contributed by atoms with Crippen molar-refractivity contribution in [3.8, 4) is 5.75 Å². The minimum absolute atomic E-state index is 0.000742. The van der Waals surface area contributed by atoms with Gasteiger partial charge in [0.1, 0.15) is 0 Å². The van der Waals surface area contributed by atoms with E-state index in [1.165, 1.54) is 18.2 Å². The third-order valence-corrected chi connectivity index (χ3v) is 6.06. The summed E-state index contributed by atoms with van der Waals surface area (Å²) >= 11 is -1.21. The number of benzene rings is 1. The van der Waals surface area contributed by atoms with Gasteiger partial charge in [-0.1, -0.05) is 0 Å². The first-order valence-corrected chi connectivity index (χ1v) is 9.33. The number of phenolic OH excluding ortho intramolecular Hbond substituents is 1. The number of hydrogen-bond donors (Lipinski definition) is 2. The number of nitro benzene ring substituents is 1. The second-order valence-corrected chi connectivity index (χ2v) is 8.73. The van der Waals surface area contributed by atoms with Gasteiger partial charge in [0.05, 0.1) is 0 Å². The van der Waals surface area contributed by atoms with E-state index in [9.17, 15) is 15.2 Å². The van der Waals surface area contributed by atoms with Crippen LogP contribution in [0.15, 0.2) is 18.2 Å². The Kier molecular flexibility index (Phi) is 4.77. The normalized spacial score (nSPS) is 12.4. The average Bonchev–Trinajstić information content (AvgIpc) is 2.21. The van der Waals surface area contributed by atoms with Gasteiger partial charge in [0.25, 0.3) is 0 Å². The van der Waals surface area contributed by atoms with Crippen LogP contribution in [0, 0.1) is 10.1 Å². The zero-order chi connectivity index (χ0) is 12.1. The molecule has 0 saturated heterocycles. The number of phenols is 1. The van der Waals surface area contributed by atoms with Crippen molar-refractivity contribution in [3.05, 3.63) is 33.9 Å². The fourth-order valence-corrected chi connectivity index (χ4v) is 4.15. The van der Waals surface area contributed by atoms with Crippen molar-refractivity contribution in [3.63, 3.8) is 0 Å². The van der Waals surface area contributed by atoms with Gasteiger partial charge < -0.3 is 0 Å². The van der Waals surface area contributed by atoms with Crippen molar-refractivity contribution in [1.29, 1.82) is 0 Å². The first kappa shape index (κ1) is 13.0. The SMILES string of the molecule is C[As](CCO)Cc1cc([N+](=O)[O-])ccc1O. The van der Waals surface area contributed by atoms with E-state index in [2.05, 4.69) is 5.71 Å². The molecule has 5 nitrogen and oxygen atoms in total. The van der Waals surface area contributed by atoms with Gasteiger partial charge in [-0.2, -0.15) is 0 Å². The van der Waals surface area contributed by atoms with Crippen LogP contribution in [0.1, 0.15) is 5.56 Å². The van der Waals surface area contributed by atoms with Crippen LogP contribution in [0.4, 0.5) is 5.69 Å². The van der Waals surface area contributed by atoms with Crippen LogP contribution >= 0.6 is 0 Å². The number of hydrogen-bond acceptors (Lipinski definition) is 4. The summed E-state index contributed by atoms with van der Waals surface area (Å²) in [6, 6.07) is 4.06. The second kappa shape index (κ2) is 5.87. The molecule has 0 heterocycles. The summed E-state index contributed by atoms with van der Waals surface area (Å²) < 4.78 is 0. The summed E-state index contributed by atoms with van der Waals surface area (Å²) in [6.45, 7) is 0.145. The monoisotopic (exact) mass is 287 g/mol. The molecule has 0 radical (unpaired) electrons. The number of aromatic hydroxyl groups is 1. The van der Waals surface area contributed by atoms with Crippen molar-refractivity contribution in [2.24, 2.45) is 0 Å². The topological polar surface area (TPSA) is 83.6 Å². The second-order valence-electron chi connectivity index (χ2n) is 3.53. The third-order valence-electron chi connectivity index (χ3n) is 2.20. The number of nitro groups is 1. The van der Waals surface area contributed by atoms with Crippen LogP contribution < -0.4 is 0 Å². The van der Waals surface area contributed by atoms with Crippen LogP contribution in [0.2, 0.25) is 10.9 Å². The molecule has 1 aromatic rings. The van der Waals surface area contributed by atoms with Gasteiger partial charge in [-0.15, -0.1) is 0 Å². The number of nitrogens with zero attached hydrogens (tertiary/aromatic N) is 1. The van der Waals surface area contributed by atoms with Gasteiger partial charge in [0.15, 0.2) is 0 Å². The van der Waals surface area contributed by atoms with E-state index in [-0.39, 0.29) is 18.0 Å². The molecule has 0 bridgehead atoms. The van der Waals surface area contributed by atoms with E-state index in [1.807, 2.05) is 0 Å². The molecule has 0 spiro atoms. The minimum atomic E-state index is -1.21. The third kappa shape index (κ3) is 3.50. The predicted octanol–water partition coefficient (Wildman–Crippen LogP) is 1.50. The Morgan fingerprint density at radius 1 is 1.50 bits per heavy atom. The standard InChI is InChI=1S/C10H14AsNO4/c1-11(4-5-13)7-8-6-9(12(15)16)2-3-10(8)14/h2-3,6,13-14H,4-5,7H2,1H3. The van der Waals surface area contributed by atoms with Crippen LogP contribution in [0.5, 0.6) is 5.75 Å². The van der Waals surface area contributed by atoms with Crippen molar-refractivity contribution in [2.75, 3.05) is 6.61 Å². The van der Waals surface area contributed by atoms with Crippen LogP contribution in [0.25, 0.3) is 0 Å². The fraction of sp³-hybridized carbons (Fsp3) is 0.400. The molecule has 0 aliphatic rings. The summed E-state index contributed by atoms with van der Waals surface area (Å²) in [5.74, 6) is 0.102. The number of aliphatic hydroxyl groups is 1. The van der Waals surface area contributed by atoms with Crippen molar-refractivity contribution < 1.29 is 15.1 Å². The number of non-ortho nitro benzene ring substituents is 1. The molecular formula is C10H14AsNO4. The Morgan fingerprint density at radius 3 is 2.75 bits per heavy atom. The molecule has 0 aromatic heterocycles. The Morgan fingerprint density at radius 2 is 2.19 bits per heavy atom. The molecule has 1 aromatic carbocycles. The van der Waals surface area contributed by atoms with Gasteiger partial charge in [-0.05, 0) is 0 Å². The average molecular weight is 287 g/mol. The van der Waals surface area contributed by atoms with Crippen molar-refractivity contribution >= 4 is 20.3 Å². The maximum absolute atomic E-state index is 10.6. The molecule has 16 heavy (non-hydrogen) atoms. The van der Waals surface area contributed by atoms with E-state index in [4.69, 9.17) is 5.11 Å². The molecule has 0 aliphatic heterocycles. The van der Waals surface area contributed by atoms with Crippen LogP contribution in [-0.4, -0.2) is 36.4 Å². The molecule has 88 valence electrons. The van der Waals surface area contributed by atoms with Gasteiger partial charge >= 0.3 is 97.8 Å². The van der Waals surface area contributed by atoms with Gasteiger partial charge in [0.2, 0.25) is 0 Å². The van der Waals surface area contributed by atoms with E-state index < -0.39 is 19.6 Å². The fourth-order valence-electron chi connectivity index (χ4n) is 1.35. The molecule has 1 unspecified atom stereocenters. The summed E-state index contributed by atoms with van der Waals surface area (Å²) in [5.41, 5.74) is 2.69. The molecule has 0 amide bonds. The van der Waals surface area contributed by atoms with E-state index in [0.29, 0.717) is 10.8 Å². The summed E-state index contributed by atoms with van der Waals surface area (Å²) in [6.07, 6.45) is 0. The van der Waals surface area contributed by atoms with E-state index in [1.54, 1.807) is 0 Å². The Hall–Kier alpha value is -1.06. The van der Waals surface area contributed by atoms with Crippen molar-refractivity contribution in [2.45, 2.75) is 16.1 Å². The zero-order valence-corrected chi connectivity index (χ0v) is 10.8. The first-order valence-electron chi connectivity index (χ1n) is 4.80. The maximum atomic E-state index is 10.6. The number of aliphatic hydroxyl groups excluding tert-OH is 1. The van der Waals surface area contributed by atoms with Crippen LogP contribution in [0.3, 0.4) is 0 Å². The summed E-state index contributed by atoms with van der Waals surface area (Å²) in [5, 5.41) is 30.4. The Bertz CT molecular complexity index is 383. The van der Waals surface area contributed by atoms with Gasteiger partial charge in [0, 0.05) is 0 Å². The molecular weight excluding hydrogens is 273 g/mol. The quantitative estimate of drug-likeness (QED) is 0.488. The molecule has 0 saturated carbocycles. The zero-order valence-electron chi connectivity index (χ0n) is 8.96. The molecule has 0 fully saturated rings. The Labute approximate surface area is 98.1 Å². The number of rotatable bonds is 5. The summed E-state index contributed by atoms with van der Waals surface area (Å²) in [7, 11) is 0. The van der Waals surface area contributed by atoms with E-state index >= 15 is 0 Å². The first-order chi connectivity index (χ1) is 7.54. The summed E-state index contributed by atoms with van der Waals surface area (Å²) in [4.78, 5) is 10.1. The van der Waals surface area contributed by atoms with E-state index in [0.717, 1.165) is 5.21 Å². The molecule has 1 atom stereocenters. The predicted molar refractivity (Wildman–Crippen MR) is 62.0 cm³/mol. The molecule has 6 heteroatoms. The molecule has 0 aliphatic carbocycles. The van der Waals surface area contributed by atoms with Crippen LogP contribution in [-0.2, 0) is 5.21 Å². The van der Waals surface area contributed by atoms with Crippen molar-refractivity contribution in [1.82, 2.24) is 0 Å². The van der Waals surface area contributed by atoms with Gasteiger partial charge in [-0.3, -0.25) is 0 Å². The Balaban J connectivity index is 2.85. The van der Waals surface area contributed by atoms with Gasteiger partial charge in [-0.25, -0.2) is 0 Å².